The second-order valence-electron chi connectivity index (χ2n) is 5.54. The summed E-state index contributed by atoms with van der Waals surface area (Å²) < 4.78 is 15.9. The van der Waals surface area contributed by atoms with Crippen LogP contribution >= 0.6 is 0 Å². The zero-order chi connectivity index (χ0) is 20.9. The van der Waals surface area contributed by atoms with E-state index in [0.29, 0.717) is 0 Å². The third-order valence-electron chi connectivity index (χ3n) is 3.73. The van der Waals surface area contributed by atoms with E-state index in [1.165, 1.54) is 5.56 Å². The number of para-hydroxylation sites is 1. The average molecular weight is 391 g/mol. The molecular formula is C20H25NO7. The molecule has 28 heavy (non-hydrogen) atoms. The predicted octanol–water partition coefficient (Wildman–Crippen LogP) is 2.20. The molecule has 2 rings (SSSR count). The highest BCUT2D eigenvalue weighted by Gasteiger charge is 2.05. The molecular weight excluding hydrogens is 366 g/mol. The molecule has 152 valence electrons. The van der Waals surface area contributed by atoms with E-state index in [0.717, 1.165) is 42.3 Å². The molecule has 2 aromatic rings. The molecule has 0 aliphatic heterocycles. The molecule has 3 N–H and O–H groups in total. The van der Waals surface area contributed by atoms with Gasteiger partial charge in [-0.2, -0.15) is 0 Å². The van der Waals surface area contributed by atoms with Gasteiger partial charge in [0.05, 0.1) is 21.3 Å². The maximum atomic E-state index is 9.10. The van der Waals surface area contributed by atoms with Gasteiger partial charge in [-0.1, -0.05) is 24.3 Å². The Morgan fingerprint density at radius 1 is 0.857 bits per heavy atom. The van der Waals surface area contributed by atoms with Crippen LogP contribution < -0.4 is 19.5 Å². The summed E-state index contributed by atoms with van der Waals surface area (Å²) in [4.78, 5) is 18.2. The SMILES string of the molecule is COc1ccccc1CNCCc1ccc(OC)c(OC)c1.O=C(O)C(=O)O. The minimum absolute atomic E-state index is 0.758. The van der Waals surface area contributed by atoms with Gasteiger partial charge >= 0.3 is 11.9 Å². The summed E-state index contributed by atoms with van der Waals surface area (Å²) in [5, 5.41) is 18.2. The van der Waals surface area contributed by atoms with Gasteiger partial charge in [-0.05, 0) is 36.7 Å². The Bertz CT molecular complexity index is 765. The molecule has 0 aliphatic carbocycles. The first kappa shape index (κ1) is 22.8. The smallest absolute Gasteiger partial charge is 0.414 e. The highest BCUT2D eigenvalue weighted by atomic mass is 16.5. The number of benzene rings is 2. The van der Waals surface area contributed by atoms with Crippen molar-refractivity contribution >= 4 is 11.9 Å². The molecule has 0 saturated heterocycles. The lowest BCUT2D eigenvalue weighted by molar-refractivity contribution is -0.159. The van der Waals surface area contributed by atoms with E-state index in [1.807, 2.05) is 30.3 Å². The predicted molar refractivity (Wildman–Crippen MR) is 103 cm³/mol. The molecule has 0 unspecified atom stereocenters. The van der Waals surface area contributed by atoms with Gasteiger partial charge in [-0.3, -0.25) is 0 Å². The van der Waals surface area contributed by atoms with Crippen LogP contribution in [-0.4, -0.2) is 50.0 Å². The highest BCUT2D eigenvalue weighted by molar-refractivity contribution is 6.27. The zero-order valence-corrected chi connectivity index (χ0v) is 16.1. The van der Waals surface area contributed by atoms with Crippen LogP contribution in [-0.2, 0) is 22.6 Å². The van der Waals surface area contributed by atoms with Gasteiger partial charge in [0.2, 0.25) is 0 Å². The fraction of sp³-hybridized carbons (Fsp3) is 0.300. The Morgan fingerprint density at radius 2 is 1.46 bits per heavy atom. The summed E-state index contributed by atoms with van der Waals surface area (Å²) in [5.41, 5.74) is 2.38. The van der Waals surface area contributed by atoms with E-state index in [1.54, 1.807) is 21.3 Å². The molecule has 0 radical (unpaired) electrons. The van der Waals surface area contributed by atoms with Gasteiger partial charge in [0, 0.05) is 12.1 Å². The van der Waals surface area contributed by atoms with E-state index in [9.17, 15) is 0 Å². The third-order valence-corrected chi connectivity index (χ3v) is 3.73. The van der Waals surface area contributed by atoms with Crippen molar-refractivity contribution in [2.24, 2.45) is 0 Å². The van der Waals surface area contributed by atoms with E-state index in [-0.39, 0.29) is 0 Å². The lowest BCUT2D eigenvalue weighted by atomic mass is 10.1. The van der Waals surface area contributed by atoms with Gasteiger partial charge in [0.15, 0.2) is 11.5 Å². The summed E-state index contributed by atoms with van der Waals surface area (Å²) in [7, 11) is 5.00. The highest BCUT2D eigenvalue weighted by Crippen LogP contribution is 2.27. The van der Waals surface area contributed by atoms with E-state index in [4.69, 9.17) is 34.0 Å². The van der Waals surface area contributed by atoms with Crippen LogP contribution in [0.25, 0.3) is 0 Å². The number of carbonyl (C=O) groups is 2. The van der Waals surface area contributed by atoms with Gasteiger partial charge in [-0.15, -0.1) is 0 Å². The van der Waals surface area contributed by atoms with Crippen LogP contribution in [0.5, 0.6) is 17.2 Å². The lowest BCUT2D eigenvalue weighted by Gasteiger charge is -2.11. The van der Waals surface area contributed by atoms with Crippen LogP contribution in [0, 0.1) is 0 Å². The second kappa shape index (κ2) is 12.2. The Balaban J connectivity index is 0.000000568. The van der Waals surface area contributed by atoms with Crippen molar-refractivity contribution < 1.29 is 34.0 Å². The first-order valence-electron chi connectivity index (χ1n) is 8.42. The number of aliphatic carboxylic acids is 2. The van der Waals surface area contributed by atoms with E-state index >= 15 is 0 Å². The number of ether oxygens (including phenoxy) is 3. The molecule has 2 aromatic carbocycles. The first-order chi connectivity index (χ1) is 13.4. The van der Waals surface area contributed by atoms with Crippen LogP contribution in [0.15, 0.2) is 42.5 Å². The summed E-state index contributed by atoms with van der Waals surface area (Å²) in [5.74, 6) is -1.20. The number of carboxylic acid groups (broad SMARTS) is 2. The van der Waals surface area contributed by atoms with Crippen molar-refractivity contribution in [3.8, 4) is 17.2 Å². The fourth-order valence-corrected chi connectivity index (χ4v) is 2.34. The standard InChI is InChI=1S/C18H23NO3.C2H2O4/c1-20-16-7-5-4-6-15(16)13-19-11-10-14-8-9-17(21-2)18(12-14)22-3;3-1(4)2(5)6/h4-9,12,19H,10-11,13H2,1-3H3;(H,3,4)(H,5,6). The number of hydrogen-bond donors (Lipinski definition) is 3. The third kappa shape index (κ3) is 7.55. The molecule has 8 nitrogen and oxygen atoms in total. The molecule has 0 amide bonds. The van der Waals surface area contributed by atoms with Gasteiger partial charge < -0.3 is 29.7 Å². The molecule has 8 heteroatoms. The summed E-state index contributed by atoms with van der Waals surface area (Å²) in [6, 6.07) is 14.1. The molecule has 0 spiro atoms. The fourth-order valence-electron chi connectivity index (χ4n) is 2.34. The number of methoxy groups -OCH3 is 3. The molecule has 0 heterocycles. The summed E-state index contributed by atoms with van der Waals surface area (Å²) in [6.45, 7) is 1.67. The van der Waals surface area contributed by atoms with E-state index in [2.05, 4.69) is 17.4 Å². The molecule has 0 fully saturated rings. The molecule has 0 aromatic heterocycles. The minimum atomic E-state index is -1.82. The normalized spacial score (nSPS) is 9.68. The van der Waals surface area contributed by atoms with E-state index < -0.39 is 11.9 Å². The van der Waals surface area contributed by atoms with Crippen LogP contribution in [0.1, 0.15) is 11.1 Å². The van der Waals surface area contributed by atoms with Crippen molar-refractivity contribution in [2.75, 3.05) is 27.9 Å². The van der Waals surface area contributed by atoms with Crippen molar-refractivity contribution in [3.05, 3.63) is 53.6 Å². The monoisotopic (exact) mass is 391 g/mol. The zero-order valence-electron chi connectivity index (χ0n) is 16.1. The first-order valence-corrected chi connectivity index (χ1v) is 8.42. The molecule has 0 aliphatic rings. The average Bonchev–Trinajstić information content (AvgIpc) is 2.71. The summed E-state index contributed by atoms with van der Waals surface area (Å²) in [6.07, 6.45) is 0.926. The van der Waals surface area contributed by atoms with Gasteiger partial charge in [0.25, 0.3) is 0 Å². The number of hydrogen-bond acceptors (Lipinski definition) is 6. The topological polar surface area (TPSA) is 114 Å². The Labute approximate surface area is 163 Å². The van der Waals surface area contributed by atoms with Crippen molar-refractivity contribution in [3.63, 3.8) is 0 Å². The lowest BCUT2D eigenvalue weighted by Crippen LogP contribution is -2.17. The van der Waals surface area contributed by atoms with Gasteiger partial charge in [0.1, 0.15) is 5.75 Å². The second-order valence-corrected chi connectivity index (χ2v) is 5.54. The van der Waals surface area contributed by atoms with Crippen molar-refractivity contribution in [2.45, 2.75) is 13.0 Å². The van der Waals surface area contributed by atoms with Crippen LogP contribution in [0.2, 0.25) is 0 Å². The van der Waals surface area contributed by atoms with Crippen molar-refractivity contribution in [1.29, 1.82) is 0 Å². The number of carboxylic acids is 2. The summed E-state index contributed by atoms with van der Waals surface area (Å²) >= 11 is 0. The largest absolute Gasteiger partial charge is 0.496 e. The maximum Gasteiger partial charge on any atom is 0.414 e. The Morgan fingerprint density at radius 3 is 2.04 bits per heavy atom. The Kier molecular flexibility index (Phi) is 9.91. The van der Waals surface area contributed by atoms with Crippen LogP contribution in [0.4, 0.5) is 0 Å². The Hall–Kier alpha value is -3.26. The van der Waals surface area contributed by atoms with Crippen LogP contribution in [0.3, 0.4) is 0 Å². The maximum absolute atomic E-state index is 9.10. The number of rotatable bonds is 8. The minimum Gasteiger partial charge on any atom is -0.496 e. The molecule has 0 atom stereocenters. The molecule has 0 bridgehead atoms. The number of nitrogens with one attached hydrogen (secondary N) is 1. The quantitative estimate of drug-likeness (QED) is 0.463. The van der Waals surface area contributed by atoms with Crippen molar-refractivity contribution in [1.82, 2.24) is 5.32 Å². The van der Waals surface area contributed by atoms with Gasteiger partial charge in [-0.25, -0.2) is 9.59 Å². The molecule has 0 saturated carbocycles.